The molecule has 0 atom stereocenters. The molecule has 0 fully saturated rings. The van der Waals surface area contributed by atoms with Gasteiger partial charge in [-0.25, -0.2) is 17.9 Å². The van der Waals surface area contributed by atoms with E-state index in [9.17, 15) is 22.4 Å². The lowest BCUT2D eigenvalue weighted by Crippen LogP contribution is -2.41. The molecule has 0 spiro atoms. The van der Waals surface area contributed by atoms with Crippen molar-refractivity contribution in [1.82, 2.24) is 4.90 Å². The van der Waals surface area contributed by atoms with Crippen molar-refractivity contribution in [2.24, 2.45) is 21.9 Å². The quantitative estimate of drug-likeness (QED) is 0.147. The van der Waals surface area contributed by atoms with Gasteiger partial charge in [0.05, 0.1) is 0 Å². The minimum atomic E-state index is -4.32. The van der Waals surface area contributed by atoms with E-state index >= 15 is 0 Å². The molecular weight excluding hydrogens is 537 g/mol. The first-order valence-electron chi connectivity index (χ1n) is 12.5. The number of benzene rings is 3. The number of nitrogens with one attached hydrogen (secondary N) is 1. The number of carbonyl (C=O) groups is 2. The molecule has 0 heterocycles. The fourth-order valence-electron chi connectivity index (χ4n) is 3.98. The highest BCUT2D eigenvalue weighted by atomic mass is 32.2. The molecule has 12 heteroatoms. The fraction of sp³-hybridized carbons (Fsp3) is 0.250. The summed E-state index contributed by atoms with van der Waals surface area (Å²) in [5, 5.41) is 11.6. The minimum Gasteiger partial charge on any atom is -0.394 e. The van der Waals surface area contributed by atoms with Gasteiger partial charge in [0.25, 0.3) is 0 Å². The number of primary sulfonamides is 1. The van der Waals surface area contributed by atoms with Crippen LogP contribution in [0.4, 0.5) is 10.1 Å². The number of hydrogen-bond donors (Lipinski definition) is 3. The standard InChI is InChI=1S/C28H32FN5O5S/c1-4-39-33-26(30)21-8-5-7-19(15-21)17-34(16-18(2)3)28(36)27(35)32-22-13-11-20(12-14-22)23-9-6-10-24(29)25(23)40(31,37)38/h5-15,18H,4,16-17H2,1-3H3,(H2,30,33)(H,32,35)(H2,31,37,38). The first kappa shape index (κ1) is 30.3. The molecule has 3 aromatic rings. The number of nitrogens with two attached hydrogens (primary N) is 2. The minimum absolute atomic E-state index is 0.0775. The molecule has 0 aromatic heterocycles. The molecule has 0 saturated carbocycles. The summed E-state index contributed by atoms with van der Waals surface area (Å²) >= 11 is 0. The summed E-state index contributed by atoms with van der Waals surface area (Å²) in [5.74, 6) is -2.27. The van der Waals surface area contributed by atoms with Crippen LogP contribution in [0.25, 0.3) is 11.1 Å². The maximum Gasteiger partial charge on any atom is 0.313 e. The SMILES string of the molecule is CCO/N=C(\N)c1cccc(CN(CC(C)C)C(=O)C(=O)Nc2ccc(-c3cccc(F)c3S(N)(=O)=O)cc2)c1. The van der Waals surface area contributed by atoms with Gasteiger partial charge in [-0.1, -0.05) is 61.5 Å². The highest BCUT2D eigenvalue weighted by Gasteiger charge is 2.24. The maximum absolute atomic E-state index is 14.2. The lowest BCUT2D eigenvalue weighted by molar-refractivity contribution is -0.143. The van der Waals surface area contributed by atoms with Crippen molar-refractivity contribution in [1.29, 1.82) is 0 Å². The van der Waals surface area contributed by atoms with Crippen LogP contribution >= 0.6 is 0 Å². The molecule has 0 aliphatic heterocycles. The number of nitrogens with zero attached hydrogens (tertiary/aromatic N) is 2. The second-order valence-corrected chi connectivity index (χ2v) is 10.9. The van der Waals surface area contributed by atoms with Crippen LogP contribution in [0.15, 0.2) is 76.8 Å². The topological polar surface area (TPSA) is 157 Å². The van der Waals surface area contributed by atoms with Crippen LogP contribution in [-0.4, -0.2) is 44.1 Å². The van der Waals surface area contributed by atoms with Crippen LogP contribution in [0.2, 0.25) is 0 Å². The lowest BCUT2D eigenvalue weighted by Gasteiger charge is -2.24. The molecule has 2 amide bonds. The van der Waals surface area contributed by atoms with Gasteiger partial charge in [-0.3, -0.25) is 9.59 Å². The van der Waals surface area contributed by atoms with Crippen LogP contribution < -0.4 is 16.2 Å². The fourth-order valence-corrected chi connectivity index (χ4v) is 4.82. The van der Waals surface area contributed by atoms with E-state index in [-0.39, 0.29) is 23.9 Å². The van der Waals surface area contributed by atoms with Crippen molar-refractivity contribution < 1.29 is 27.2 Å². The van der Waals surface area contributed by atoms with Gasteiger partial charge in [-0.05, 0) is 48.2 Å². The Labute approximate surface area is 232 Å². The molecule has 40 heavy (non-hydrogen) atoms. The summed E-state index contributed by atoms with van der Waals surface area (Å²) < 4.78 is 38.1. The van der Waals surface area contributed by atoms with E-state index in [0.29, 0.717) is 30.0 Å². The van der Waals surface area contributed by atoms with Crippen LogP contribution in [0.5, 0.6) is 0 Å². The van der Waals surface area contributed by atoms with Crippen LogP contribution in [0.3, 0.4) is 0 Å². The number of carbonyl (C=O) groups excluding carboxylic acids is 2. The number of halogens is 1. The Bertz CT molecular complexity index is 1510. The molecular formula is C28H32FN5O5S. The van der Waals surface area contributed by atoms with Crippen LogP contribution in [0.1, 0.15) is 31.9 Å². The average Bonchev–Trinajstić information content (AvgIpc) is 2.90. The molecule has 0 radical (unpaired) electrons. The number of amidine groups is 1. The third-order valence-corrected chi connectivity index (χ3v) is 6.64. The number of oxime groups is 1. The third-order valence-electron chi connectivity index (χ3n) is 5.66. The number of hydrogen-bond acceptors (Lipinski definition) is 6. The van der Waals surface area contributed by atoms with Gasteiger partial charge in [-0.2, -0.15) is 0 Å². The van der Waals surface area contributed by atoms with Crippen molar-refractivity contribution in [2.75, 3.05) is 18.5 Å². The molecule has 3 aromatic carbocycles. The van der Waals surface area contributed by atoms with Crippen molar-refractivity contribution >= 4 is 33.4 Å². The summed E-state index contributed by atoms with van der Waals surface area (Å²) in [4.78, 5) is 31.9. The van der Waals surface area contributed by atoms with E-state index in [1.165, 1.54) is 41.3 Å². The summed E-state index contributed by atoms with van der Waals surface area (Å²) in [6.07, 6.45) is 0. The molecule has 0 aliphatic rings. The van der Waals surface area contributed by atoms with Crippen LogP contribution in [0, 0.1) is 11.7 Å². The molecule has 5 N–H and O–H groups in total. The van der Waals surface area contributed by atoms with Gasteiger partial charge < -0.3 is 20.8 Å². The Morgan fingerprint density at radius 3 is 2.38 bits per heavy atom. The van der Waals surface area contributed by atoms with E-state index in [2.05, 4.69) is 10.5 Å². The zero-order valence-electron chi connectivity index (χ0n) is 22.4. The Morgan fingerprint density at radius 1 is 1.07 bits per heavy atom. The van der Waals surface area contributed by atoms with Crippen LogP contribution in [-0.2, 0) is 31.0 Å². The Morgan fingerprint density at radius 2 is 1.75 bits per heavy atom. The molecule has 212 valence electrons. The molecule has 0 saturated heterocycles. The van der Waals surface area contributed by atoms with Gasteiger partial charge in [0.15, 0.2) is 5.84 Å². The van der Waals surface area contributed by atoms with Gasteiger partial charge in [0.1, 0.15) is 17.3 Å². The normalized spacial score (nSPS) is 11.8. The van der Waals surface area contributed by atoms with Crippen molar-refractivity contribution in [3.8, 4) is 11.1 Å². The number of rotatable bonds is 10. The van der Waals surface area contributed by atoms with Crippen molar-refractivity contribution in [2.45, 2.75) is 32.2 Å². The highest BCUT2D eigenvalue weighted by Crippen LogP contribution is 2.29. The summed E-state index contributed by atoms with van der Waals surface area (Å²) in [6.45, 7) is 6.51. The maximum atomic E-state index is 14.2. The molecule has 0 aliphatic carbocycles. The predicted octanol–water partition coefficient (Wildman–Crippen LogP) is 3.42. The largest absolute Gasteiger partial charge is 0.394 e. The van der Waals surface area contributed by atoms with E-state index in [1.54, 1.807) is 25.1 Å². The second-order valence-electron chi connectivity index (χ2n) is 9.37. The van der Waals surface area contributed by atoms with E-state index < -0.39 is 32.6 Å². The Kier molecular flexibility index (Phi) is 9.97. The number of amides is 2. The van der Waals surface area contributed by atoms with Crippen molar-refractivity contribution in [3.63, 3.8) is 0 Å². The average molecular weight is 570 g/mol. The zero-order valence-corrected chi connectivity index (χ0v) is 23.2. The summed E-state index contributed by atoms with van der Waals surface area (Å²) in [6, 6.07) is 16.9. The first-order valence-corrected chi connectivity index (χ1v) is 14.0. The monoisotopic (exact) mass is 569 g/mol. The molecule has 0 unspecified atom stereocenters. The number of anilines is 1. The Hall–Kier alpha value is -4.29. The van der Waals surface area contributed by atoms with Gasteiger partial charge in [0, 0.05) is 29.9 Å². The molecule has 3 rings (SSSR count). The van der Waals surface area contributed by atoms with Gasteiger partial charge >= 0.3 is 11.8 Å². The smallest absolute Gasteiger partial charge is 0.313 e. The molecule has 10 nitrogen and oxygen atoms in total. The molecule has 0 bridgehead atoms. The lowest BCUT2D eigenvalue weighted by atomic mass is 10.1. The van der Waals surface area contributed by atoms with E-state index in [4.69, 9.17) is 15.7 Å². The summed E-state index contributed by atoms with van der Waals surface area (Å²) in [5.41, 5.74) is 8.07. The first-order chi connectivity index (χ1) is 18.9. The predicted molar refractivity (Wildman–Crippen MR) is 151 cm³/mol. The van der Waals surface area contributed by atoms with E-state index in [0.717, 1.165) is 11.6 Å². The summed E-state index contributed by atoms with van der Waals surface area (Å²) in [7, 11) is -4.32. The number of sulfonamides is 1. The Balaban J connectivity index is 1.78. The third kappa shape index (κ3) is 7.87. The highest BCUT2D eigenvalue weighted by molar-refractivity contribution is 7.89. The van der Waals surface area contributed by atoms with Gasteiger partial charge in [0.2, 0.25) is 10.0 Å². The zero-order chi connectivity index (χ0) is 29.4. The van der Waals surface area contributed by atoms with E-state index in [1.807, 2.05) is 19.9 Å². The van der Waals surface area contributed by atoms with Crippen molar-refractivity contribution in [3.05, 3.63) is 83.7 Å². The van der Waals surface area contributed by atoms with Gasteiger partial charge in [-0.15, -0.1) is 0 Å². The second kappa shape index (κ2) is 13.2.